The van der Waals surface area contributed by atoms with Crippen LogP contribution in [0.15, 0.2) is 18.2 Å². The monoisotopic (exact) mass is 261 g/mol. The van der Waals surface area contributed by atoms with Crippen LogP contribution in [0.25, 0.3) is 0 Å². The standard InChI is InChI=1S/C15H20FN3/c1-2-18-11-12-5-7-19(8-6-12)15-4-3-14(16)9-13(15)10-17/h3-4,9,12,18H,2,5-8,11H2,1H3. The first-order valence-corrected chi connectivity index (χ1v) is 6.90. The molecule has 4 heteroatoms. The second-order valence-electron chi connectivity index (χ2n) is 5.01. The van der Waals surface area contributed by atoms with E-state index in [2.05, 4.69) is 23.2 Å². The summed E-state index contributed by atoms with van der Waals surface area (Å²) in [4.78, 5) is 2.19. The number of halogens is 1. The first kappa shape index (κ1) is 13.8. The Hall–Kier alpha value is -1.60. The molecule has 1 aliphatic rings. The zero-order valence-corrected chi connectivity index (χ0v) is 11.3. The molecule has 1 aromatic rings. The Labute approximate surface area is 114 Å². The van der Waals surface area contributed by atoms with Crippen LogP contribution in [0.4, 0.5) is 10.1 Å². The predicted octanol–water partition coefficient (Wildman–Crippen LogP) is 2.52. The molecule has 0 aliphatic carbocycles. The average molecular weight is 261 g/mol. The van der Waals surface area contributed by atoms with E-state index in [4.69, 9.17) is 5.26 Å². The quantitative estimate of drug-likeness (QED) is 0.905. The summed E-state index contributed by atoms with van der Waals surface area (Å²) >= 11 is 0. The second kappa shape index (κ2) is 6.53. The van der Waals surface area contributed by atoms with E-state index in [1.165, 1.54) is 12.1 Å². The molecule has 3 nitrogen and oxygen atoms in total. The molecule has 1 aliphatic heterocycles. The van der Waals surface area contributed by atoms with Gasteiger partial charge in [0.25, 0.3) is 0 Å². The van der Waals surface area contributed by atoms with Gasteiger partial charge in [-0.1, -0.05) is 6.92 Å². The fourth-order valence-electron chi connectivity index (χ4n) is 2.60. The highest BCUT2D eigenvalue weighted by atomic mass is 19.1. The van der Waals surface area contributed by atoms with E-state index >= 15 is 0 Å². The van der Waals surface area contributed by atoms with Gasteiger partial charge in [0.05, 0.1) is 11.3 Å². The van der Waals surface area contributed by atoms with E-state index in [1.54, 1.807) is 6.07 Å². The van der Waals surface area contributed by atoms with Gasteiger partial charge in [-0.05, 0) is 50.0 Å². The summed E-state index contributed by atoms with van der Waals surface area (Å²) in [6.45, 7) is 6.08. The minimum atomic E-state index is -0.345. The van der Waals surface area contributed by atoms with E-state index in [0.717, 1.165) is 44.7 Å². The fraction of sp³-hybridized carbons (Fsp3) is 0.533. The minimum absolute atomic E-state index is 0.345. The highest BCUT2D eigenvalue weighted by Gasteiger charge is 2.20. The maximum absolute atomic E-state index is 13.1. The zero-order valence-electron chi connectivity index (χ0n) is 11.3. The number of hydrogen-bond acceptors (Lipinski definition) is 3. The predicted molar refractivity (Wildman–Crippen MR) is 74.6 cm³/mol. The molecule has 0 bridgehead atoms. The molecule has 0 atom stereocenters. The van der Waals surface area contributed by atoms with E-state index in [9.17, 15) is 4.39 Å². The molecule has 0 radical (unpaired) electrons. The van der Waals surface area contributed by atoms with Crippen molar-refractivity contribution in [1.29, 1.82) is 5.26 Å². The lowest BCUT2D eigenvalue weighted by Gasteiger charge is -2.34. The van der Waals surface area contributed by atoms with Gasteiger partial charge in [-0.25, -0.2) is 4.39 Å². The molecule has 1 fully saturated rings. The van der Waals surface area contributed by atoms with Crippen LogP contribution in [0.3, 0.4) is 0 Å². The SMILES string of the molecule is CCNCC1CCN(c2ccc(F)cc2C#N)CC1. The van der Waals surface area contributed by atoms with E-state index in [1.807, 2.05) is 0 Å². The molecule has 1 saturated heterocycles. The van der Waals surface area contributed by atoms with E-state index in [0.29, 0.717) is 11.5 Å². The lowest BCUT2D eigenvalue weighted by molar-refractivity contribution is 0.386. The molecular weight excluding hydrogens is 241 g/mol. The highest BCUT2D eigenvalue weighted by molar-refractivity contribution is 5.59. The van der Waals surface area contributed by atoms with Gasteiger partial charge in [-0.3, -0.25) is 0 Å². The summed E-state index contributed by atoms with van der Waals surface area (Å²) in [6.07, 6.45) is 2.24. The normalized spacial score (nSPS) is 16.4. The Bertz CT molecular complexity index is 459. The largest absolute Gasteiger partial charge is 0.370 e. The maximum atomic E-state index is 13.1. The van der Waals surface area contributed by atoms with E-state index < -0.39 is 0 Å². The van der Waals surface area contributed by atoms with Gasteiger partial charge in [0, 0.05) is 13.1 Å². The summed E-state index contributed by atoms with van der Waals surface area (Å²) in [7, 11) is 0. The summed E-state index contributed by atoms with van der Waals surface area (Å²) < 4.78 is 13.1. The van der Waals surface area contributed by atoms with Crippen molar-refractivity contribution in [2.45, 2.75) is 19.8 Å². The lowest BCUT2D eigenvalue weighted by atomic mass is 9.96. The molecule has 1 aromatic carbocycles. The van der Waals surface area contributed by atoms with Crippen molar-refractivity contribution in [2.75, 3.05) is 31.1 Å². The average Bonchev–Trinajstić information content (AvgIpc) is 2.45. The summed E-state index contributed by atoms with van der Waals surface area (Å²) in [5.41, 5.74) is 1.30. The van der Waals surface area contributed by atoms with Gasteiger partial charge in [0.15, 0.2) is 0 Å². The lowest BCUT2D eigenvalue weighted by Crippen LogP contribution is -2.37. The van der Waals surface area contributed by atoms with Crippen LogP contribution in [0.5, 0.6) is 0 Å². The second-order valence-corrected chi connectivity index (χ2v) is 5.01. The van der Waals surface area contributed by atoms with Crippen LogP contribution in [-0.4, -0.2) is 26.2 Å². The highest BCUT2D eigenvalue weighted by Crippen LogP contribution is 2.26. The van der Waals surface area contributed by atoms with Gasteiger partial charge in [0.1, 0.15) is 11.9 Å². The zero-order chi connectivity index (χ0) is 13.7. The van der Waals surface area contributed by atoms with Crippen LogP contribution >= 0.6 is 0 Å². The third-order valence-corrected chi connectivity index (χ3v) is 3.72. The Kier molecular flexibility index (Phi) is 4.75. The van der Waals surface area contributed by atoms with Gasteiger partial charge in [-0.15, -0.1) is 0 Å². The molecule has 19 heavy (non-hydrogen) atoms. The maximum Gasteiger partial charge on any atom is 0.124 e. The first-order valence-electron chi connectivity index (χ1n) is 6.90. The van der Waals surface area contributed by atoms with Crippen LogP contribution in [0.1, 0.15) is 25.3 Å². The molecular formula is C15H20FN3. The van der Waals surface area contributed by atoms with Gasteiger partial charge < -0.3 is 10.2 Å². The minimum Gasteiger partial charge on any atom is -0.370 e. The fourth-order valence-corrected chi connectivity index (χ4v) is 2.60. The number of rotatable bonds is 4. The molecule has 102 valence electrons. The van der Waals surface area contributed by atoms with E-state index in [-0.39, 0.29) is 5.82 Å². The Morgan fingerprint density at radius 3 is 2.79 bits per heavy atom. The van der Waals surface area contributed by atoms with Crippen molar-refractivity contribution >= 4 is 5.69 Å². The van der Waals surface area contributed by atoms with Crippen molar-refractivity contribution in [3.05, 3.63) is 29.6 Å². The Morgan fingerprint density at radius 2 is 2.16 bits per heavy atom. The molecule has 2 rings (SSSR count). The molecule has 0 aromatic heterocycles. The third-order valence-electron chi connectivity index (χ3n) is 3.72. The van der Waals surface area contributed by atoms with Crippen molar-refractivity contribution in [3.63, 3.8) is 0 Å². The molecule has 0 saturated carbocycles. The van der Waals surface area contributed by atoms with Gasteiger partial charge >= 0.3 is 0 Å². The third kappa shape index (κ3) is 3.45. The van der Waals surface area contributed by atoms with Crippen molar-refractivity contribution in [3.8, 4) is 6.07 Å². The molecule has 0 spiro atoms. The Morgan fingerprint density at radius 1 is 1.42 bits per heavy atom. The molecule has 1 N–H and O–H groups in total. The van der Waals surface area contributed by atoms with Crippen LogP contribution in [-0.2, 0) is 0 Å². The van der Waals surface area contributed by atoms with Crippen LogP contribution in [0.2, 0.25) is 0 Å². The summed E-state index contributed by atoms with van der Waals surface area (Å²) in [6, 6.07) is 6.56. The molecule has 0 amide bonds. The number of anilines is 1. The number of nitrogens with one attached hydrogen (secondary N) is 1. The van der Waals surface area contributed by atoms with Gasteiger partial charge in [0.2, 0.25) is 0 Å². The summed E-state index contributed by atoms with van der Waals surface area (Å²) in [5.74, 6) is 0.365. The van der Waals surface area contributed by atoms with Crippen LogP contribution < -0.4 is 10.2 Å². The number of hydrogen-bond donors (Lipinski definition) is 1. The molecule has 1 heterocycles. The van der Waals surface area contributed by atoms with Crippen molar-refractivity contribution in [1.82, 2.24) is 5.32 Å². The number of nitriles is 1. The number of nitrogens with zero attached hydrogens (tertiary/aromatic N) is 2. The summed E-state index contributed by atoms with van der Waals surface area (Å²) in [5, 5.41) is 12.5. The van der Waals surface area contributed by atoms with Crippen LogP contribution in [0, 0.1) is 23.1 Å². The number of benzene rings is 1. The first-order chi connectivity index (χ1) is 9.24. The van der Waals surface area contributed by atoms with Crippen molar-refractivity contribution in [2.24, 2.45) is 5.92 Å². The molecule has 0 unspecified atom stereocenters. The smallest absolute Gasteiger partial charge is 0.124 e. The number of piperidine rings is 1. The Balaban J connectivity index is 2.00. The van der Waals surface area contributed by atoms with Gasteiger partial charge in [-0.2, -0.15) is 5.26 Å². The topological polar surface area (TPSA) is 39.1 Å². The van der Waals surface area contributed by atoms with Crippen molar-refractivity contribution < 1.29 is 4.39 Å².